The number of hydrogen-bond donors (Lipinski definition) is 2. The Morgan fingerprint density at radius 1 is 1.27 bits per heavy atom. The molecular weight excluding hydrogens is 372 g/mol. The second-order valence-electron chi connectivity index (χ2n) is 5.79. The minimum absolute atomic E-state index is 0.128. The molecule has 0 radical (unpaired) electrons. The highest BCUT2D eigenvalue weighted by atomic mass is 32.2. The number of benzene rings is 1. The topological polar surface area (TPSA) is 84.5 Å². The summed E-state index contributed by atoms with van der Waals surface area (Å²) in [5.74, 6) is -0.278. The molecule has 6 nitrogen and oxygen atoms in total. The molecule has 26 heavy (non-hydrogen) atoms. The molecule has 0 aliphatic carbocycles. The van der Waals surface area contributed by atoms with Crippen LogP contribution in [0.25, 0.3) is 6.08 Å². The van der Waals surface area contributed by atoms with E-state index < -0.39 is 10.0 Å². The summed E-state index contributed by atoms with van der Waals surface area (Å²) in [6.45, 7) is 3.98. The average molecular weight is 395 g/mol. The summed E-state index contributed by atoms with van der Waals surface area (Å²) in [4.78, 5) is 13.1. The molecule has 0 saturated carbocycles. The quantitative estimate of drug-likeness (QED) is 0.674. The maximum absolute atomic E-state index is 12.3. The molecular formula is C18H22N2O4S2. The van der Waals surface area contributed by atoms with Crippen LogP contribution < -0.4 is 10.0 Å². The fourth-order valence-electron chi connectivity index (χ4n) is 2.22. The Balaban J connectivity index is 1.99. The van der Waals surface area contributed by atoms with E-state index in [0.29, 0.717) is 5.69 Å². The highest BCUT2D eigenvalue weighted by molar-refractivity contribution is 7.89. The van der Waals surface area contributed by atoms with Crippen molar-refractivity contribution in [2.24, 2.45) is 0 Å². The summed E-state index contributed by atoms with van der Waals surface area (Å²) in [6.07, 6.45) is 3.22. The minimum atomic E-state index is -3.63. The van der Waals surface area contributed by atoms with Crippen LogP contribution in [0.4, 0.5) is 5.69 Å². The van der Waals surface area contributed by atoms with Gasteiger partial charge < -0.3 is 10.1 Å². The Morgan fingerprint density at radius 2 is 1.96 bits per heavy atom. The van der Waals surface area contributed by atoms with Crippen molar-refractivity contribution in [1.82, 2.24) is 4.72 Å². The molecule has 2 rings (SSSR count). The number of aryl methyl sites for hydroxylation is 1. The van der Waals surface area contributed by atoms with Crippen LogP contribution in [0.15, 0.2) is 46.7 Å². The van der Waals surface area contributed by atoms with Crippen LogP contribution in [-0.2, 0) is 19.6 Å². The predicted molar refractivity (Wildman–Crippen MR) is 105 cm³/mol. The molecule has 0 aliphatic heterocycles. The van der Waals surface area contributed by atoms with Gasteiger partial charge in [0, 0.05) is 29.8 Å². The monoisotopic (exact) mass is 394 g/mol. The lowest BCUT2D eigenvalue weighted by Gasteiger charge is -2.13. The van der Waals surface area contributed by atoms with Crippen molar-refractivity contribution in [1.29, 1.82) is 0 Å². The molecule has 0 spiro atoms. The van der Waals surface area contributed by atoms with Gasteiger partial charge in [-0.2, -0.15) is 0 Å². The van der Waals surface area contributed by atoms with Gasteiger partial charge in [-0.1, -0.05) is 0 Å². The molecule has 1 atom stereocenters. The van der Waals surface area contributed by atoms with E-state index in [1.54, 1.807) is 36.5 Å². The fraction of sp³-hybridized carbons (Fsp3) is 0.278. The number of hydrogen-bond acceptors (Lipinski definition) is 5. The number of anilines is 1. The van der Waals surface area contributed by atoms with Gasteiger partial charge in [-0.25, -0.2) is 13.1 Å². The van der Waals surface area contributed by atoms with E-state index in [-0.39, 0.29) is 23.5 Å². The third-order valence-electron chi connectivity index (χ3n) is 3.49. The molecule has 0 saturated heterocycles. The molecule has 8 heteroatoms. The Labute approximate surface area is 157 Å². The maximum atomic E-state index is 12.3. The summed E-state index contributed by atoms with van der Waals surface area (Å²) >= 11 is 1.56. The first-order chi connectivity index (χ1) is 12.3. The lowest BCUT2D eigenvalue weighted by atomic mass is 10.2. The Bertz CT molecular complexity index is 871. The number of sulfonamides is 1. The van der Waals surface area contributed by atoms with E-state index in [2.05, 4.69) is 10.0 Å². The van der Waals surface area contributed by atoms with Gasteiger partial charge in [0.05, 0.1) is 11.5 Å². The van der Waals surface area contributed by atoms with E-state index in [9.17, 15) is 13.2 Å². The van der Waals surface area contributed by atoms with Gasteiger partial charge in [-0.15, -0.1) is 11.3 Å². The SMILES string of the molecule is COCC(C)NS(=O)(=O)c1ccc(NC(=O)/C=C/c2sccc2C)cc1. The van der Waals surface area contributed by atoms with Gasteiger partial charge in [0.1, 0.15) is 0 Å². The summed E-state index contributed by atoms with van der Waals surface area (Å²) in [6, 6.07) is 7.66. The summed E-state index contributed by atoms with van der Waals surface area (Å²) < 4.78 is 32.0. The third-order valence-corrected chi connectivity index (χ3v) is 6.08. The summed E-state index contributed by atoms with van der Waals surface area (Å²) in [5.41, 5.74) is 1.63. The number of nitrogens with one attached hydrogen (secondary N) is 2. The van der Waals surface area contributed by atoms with Crippen molar-refractivity contribution in [2.45, 2.75) is 24.8 Å². The lowest BCUT2D eigenvalue weighted by Crippen LogP contribution is -2.35. The van der Waals surface area contributed by atoms with Gasteiger partial charge in [0.2, 0.25) is 15.9 Å². The normalized spacial score (nSPS) is 13.0. The van der Waals surface area contributed by atoms with Gasteiger partial charge in [-0.3, -0.25) is 4.79 Å². The number of amides is 1. The van der Waals surface area contributed by atoms with Gasteiger partial charge in [0.25, 0.3) is 0 Å². The summed E-state index contributed by atoms with van der Waals surface area (Å²) in [5, 5.41) is 4.67. The van der Waals surface area contributed by atoms with Crippen LogP contribution in [0.5, 0.6) is 0 Å². The van der Waals surface area contributed by atoms with Crippen molar-refractivity contribution in [2.75, 3.05) is 19.0 Å². The molecule has 1 unspecified atom stereocenters. The van der Waals surface area contributed by atoms with E-state index in [1.807, 2.05) is 18.4 Å². The van der Waals surface area contributed by atoms with Crippen molar-refractivity contribution in [3.8, 4) is 0 Å². The van der Waals surface area contributed by atoms with E-state index >= 15 is 0 Å². The number of carbonyl (C=O) groups is 1. The molecule has 0 fully saturated rings. The first kappa shape index (κ1) is 20.3. The first-order valence-corrected chi connectivity index (χ1v) is 10.3. The van der Waals surface area contributed by atoms with Crippen LogP contribution in [-0.4, -0.2) is 34.1 Å². The van der Waals surface area contributed by atoms with Crippen molar-refractivity contribution in [3.63, 3.8) is 0 Å². The lowest BCUT2D eigenvalue weighted by molar-refractivity contribution is -0.111. The standard InChI is InChI=1S/C18H22N2O4S2/c1-13-10-11-25-17(13)8-9-18(21)19-15-4-6-16(7-5-15)26(22,23)20-14(2)12-24-3/h4-11,14,20H,12H2,1-3H3,(H,19,21)/b9-8+. The minimum Gasteiger partial charge on any atom is -0.383 e. The fourth-order valence-corrected chi connectivity index (χ4v) is 4.27. The van der Waals surface area contributed by atoms with Crippen LogP contribution in [0.2, 0.25) is 0 Å². The van der Waals surface area contributed by atoms with E-state index in [1.165, 1.54) is 25.3 Å². The number of rotatable bonds is 8. The summed E-state index contributed by atoms with van der Waals surface area (Å²) in [7, 11) is -2.12. The van der Waals surface area contributed by atoms with E-state index in [4.69, 9.17) is 4.74 Å². The van der Waals surface area contributed by atoms with Crippen molar-refractivity contribution < 1.29 is 17.9 Å². The van der Waals surface area contributed by atoms with Crippen molar-refractivity contribution >= 4 is 39.0 Å². The zero-order chi connectivity index (χ0) is 19.2. The second-order valence-corrected chi connectivity index (χ2v) is 8.45. The van der Waals surface area contributed by atoms with Crippen LogP contribution in [0.3, 0.4) is 0 Å². The maximum Gasteiger partial charge on any atom is 0.248 e. The number of ether oxygens (including phenoxy) is 1. The highest BCUT2D eigenvalue weighted by Crippen LogP contribution is 2.18. The molecule has 0 aliphatic rings. The Kier molecular flexibility index (Phi) is 7.10. The van der Waals surface area contributed by atoms with Crippen LogP contribution >= 0.6 is 11.3 Å². The zero-order valence-electron chi connectivity index (χ0n) is 14.9. The molecule has 140 valence electrons. The Hall–Kier alpha value is -2.00. The molecule has 1 aromatic carbocycles. The second kappa shape index (κ2) is 9.09. The van der Waals surface area contributed by atoms with Gasteiger partial charge >= 0.3 is 0 Å². The third kappa shape index (κ3) is 5.77. The van der Waals surface area contributed by atoms with Crippen LogP contribution in [0.1, 0.15) is 17.4 Å². The van der Waals surface area contributed by atoms with E-state index in [0.717, 1.165) is 10.4 Å². The molecule has 1 amide bonds. The van der Waals surface area contributed by atoms with Gasteiger partial charge in [0.15, 0.2) is 0 Å². The predicted octanol–water partition coefficient (Wildman–Crippen LogP) is 3.02. The molecule has 1 heterocycles. The van der Waals surface area contributed by atoms with Crippen LogP contribution in [0, 0.1) is 6.92 Å². The molecule has 2 aromatic rings. The number of methoxy groups -OCH3 is 1. The molecule has 1 aromatic heterocycles. The van der Waals surface area contributed by atoms with Gasteiger partial charge in [-0.05, 0) is 61.2 Å². The largest absolute Gasteiger partial charge is 0.383 e. The molecule has 0 bridgehead atoms. The smallest absolute Gasteiger partial charge is 0.248 e. The first-order valence-electron chi connectivity index (χ1n) is 7.96. The number of carbonyl (C=O) groups excluding carboxylic acids is 1. The molecule has 2 N–H and O–H groups in total. The van der Waals surface area contributed by atoms with Crippen molar-refractivity contribution in [3.05, 3.63) is 52.2 Å². The Morgan fingerprint density at radius 3 is 2.54 bits per heavy atom. The zero-order valence-corrected chi connectivity index (χ0v) is 16.5. The number of thiophene rings is 1. The average Bonchev–Trinajstić information content (AvgIpc) is 2.98. The highest BCUT2D eigenvalue weighted by Gasteiger charge is 2.17.